The van der Waals surface area contributed by atoms with Gasteiger partial charge in [-0.25, -0.2) is 0 Å². The monoisotopic (exact) mass is 237 g/mol. The lowest BCUT2D eigenvalue weighted by molar-refractivity contribution is 0.647. The van der Waals surface area contributed by atoms with Crippen LogP contribution in [-0.2, 0) is 6.54 Å². The lowest BCUT2D eigenvalue weighted by Crippen LogP contribution is -2.43. The highest BCUT2D eigenvalue weighted by Gasteiger charge is 2.27. The Hall–Kier alpha value is -0.740. The van der Waals surface area contributed by atoms with Crippen LogP contribution >= 0.6 is 11.8 Å². The fourth-order valence-electron chi connectivity index (χ4n) is 1.96. The summed E-state index contributed by atoms with van der Waals surface area (Å²) in [4.78, 5) is 6.75. The van der Waals surface area contributed by atoms with Gasteiger partial charge in [-0.05, 0) is 26.0 Å². The second kappa shape index (κ2) is 4.63. The number of aromatic nitrogens is 1. The van der Waals surface area contributed by atoms with Crippen LogP contribution < -0.4 is 10.6 Å². The zero-order valence-corrected chi connectivity index (χ0v) is 10.8. The van der Waals surface area contributed by atoms with E-state index in [1.54, 1.807) is 0 Å². The van der Waals surface area contributed by atoms with Crippen LogP contribution in [0, 0.1) is 0 Å². The van der Waals surface area contributed by atoms with E-state index in [1.165, 1.54) is 11.4 Å². The molecule has 1 aromatic heterocycles. The number of pyridine rings is 1. The van der Waals surface area contributed by atoms with Gasteiger partial charge in [0.15, 0.2) is 0 Å². The third-order valence-corrected chi connectivity index (χ3v) is 4.11. The summed E-state index contributed by atoms with van der Waals surface area (Å²) in [6.07, 6.45) is 1.94. The van der Waals surface area contributed by atoms with Crippen molar-refractivity contribution in [2.24, 2.45) is 5.73 Å². The highest BCUT2D eigenvalue weighted by Crippen LogP contribution is 2.31. The van der Waals surface area contributed by atoms with Crippen molar-refractivity contribution in [3.63, 3.8) is 0 Å². The molecule has 0 bridgehead atoms. The van der Waals surface area contributed by atoms with E-state index in [0.29, 0.717) is 11.3 Å². The summed E-state index contributed by atoms with van der Waals surface area (Å²) in [5, 5.41) is 0. The average Bonchev–Trinajstić information content (AvgIpc) is 2.28. The number of hydrogen-bond donors (Lipinski definition) is 1. The second-order valence-electron chi connectivity index (χ2n) is 4.74. The van der Waals surface area contributed by atoms with Crippen molar-refractivity contribution in [1.82, 2.24) is 4.98 Å². The summed E-state index contributed by atoms with van der Waals surface area (Å²) in [6.45, 7) is 7.30. The van der Waals surface area contributed by atoms with E-state index in [9.17, 15) is 0 Å². The van der Waals surface area contributed by atoms with Crippen LogP contribution in [-0.4, -0.2) is 28.6 Å². The first-order chi connectivity index (χ1) is 7.61. The van der Waals surface area contributed by atoms with Crippen LogP contribution in [0.2, 0.25) is 0 Å². The predicted molar refractivity (Wildman–Crippen MR) is 70.9 cm³/mol. The smallest absolute Gasteiger partial charge is 0.0553 e. The Morgan fingerprint density at radius 3 is 2.88 bits per heavy atom. The Kier molecular flexibility index (Phi) is 3.40. The summed E-state index contributed by atoms with van der Waals surface area (Å²) in [7, 11) is 0. The van der Waals surface area contributed by atoms with Gasteiger partial charge in [0, 0.05) is 30.1 Å². The van der Waals surface area contributed by atoms with Gasteiger partial charge in [-0.1, -0.05) is 0 Å². The molecule has 0 aromatic carbocycles. The average molecular weight is 237 g/mol. The zero-order valence-electron chi connectivity index (χ0n) is 9.94. The molecule has 1 aliphatic rings. The number of nitrogens with zero attached hydrogens (tertiary/aromatic N) is 2. The zero-order chi connectivity index (χ0) is 11.6. The van der Waals surface area contributed by atoms with Crippen molar-refractivity contribution in [2.75, 3.05) is 23.7 Å². The largest absolute Gasteiger partial charge is 0.368 e. The molecule has 0 spiro atoms. The number of anilines is 1. The van der Waals surface area contributed by atoms with Crippen molar-refractivity contribution in [3.8, 4) is 0 Å². The van der Waals surface area contributed by atoms with Gasteiger partial charge in [0.2, 0.25) is 0 Å². The van der Waals surface area contributed by atoms with Gasteiger partial charge in [0.25, 0.3) is 0 Å². The van der Waals surface area contributed by atoms with Gasteiger partial charge in [0.1, 0.15) is 0 Å². The Labute approximate surface area is 101 Å². The van der Waals surface area contributed by atoms with E-state index in [4.69, 9.17) is 5.73 Å². The van der Waals surface area contributed by atoms with E-state index in [-0.39, 0.29) is 0 Å². The second-order valence-corrected chi connectivity index (χ2v) is 6.54. The fraction of sp³-hybridized carbons (Fsp3) is 0.583. The molecule has 2 heterocycles. The standard InChI is InChI=1S/C12H19N3S/c1-12(2)9-15(5-6-16-12)11-4-3-10(7-13)14-8-11/h3-4,8H,5-7,9,13H2,1-2H3. The quantitative estimate of drug-likeness (QED) is 0.852. The van der Waals surface area contributed by atoms with Crippen molar-refractivity contribution in [2.45, 2.75) is 25.1 Å². The maximum absolute atomic E-state index is 5.54. The molecule has 88 valence electrons. The first-order valence-corrected chi connectivity index (χ1v) is 6.63. The molecule has 0 saturated carbocycles. The predicted octanol–water partition coefficient (Wildman–Crippen LogP) is 1.87. The van der Waals surface area contributed by atoms with Gasteiger partial charge in [-0.2, -0.15) is 11.8 Å². The molecule has 2 rings (SSSR count). The number of thioether (sulfide) groups is 1. The molecule has 2 N–H and O–H groups in total. The van der Waals surface area contributed by atoms with E-state index < -0.39 is 0 Å². The van der Waals surface area contributed by atoms with Gasteiger partial charge >= 0.3 is 0 Å². The van der Waals surface area contributed by atoms with Crippen LogP contribution in [0.3, 0.4) is 0 Å². The van der Waals surface area contributed by atoms with Crippen LogP contribution in [0.5, 0.6) is 0 Å². The van der Waals surface area contributed by atoms with Crippen LogP contribution in [0.15, 0.2) is 18.3 Å². The first kappa shape index (κ1) is 11.7. The van der Waals surface area contributed by atoms with E-state index in [2.05, 4.69) is 29.8 Å². The lowest BCUT2D eigenvalue weighted by atomic mass is 10.1. The third kappa shape index (κ3) is 2.68. The molecule has 0 unspecified atom stereocenters. The molecule has 0 aliphatic carbocycles. The lowest BCUT2D eigenvalue weighted by Gasteiger charge is -2.38. The Balaban J connectivity index is 2.11. The Morgan fingerprint density at radius 1 is 1.50 bits per heavy atom. The van der Waals surface area contributed by atoms with E-state index in [1.807, 2.05) is 24.0 Å². The molecular formula is C12H19N3S. The van der Waals surface area contributed by atoms with E-state index >= 15 is 0 Å². The SMILES string of the molecule is CC1(C)CN(c2ccc(CN)nc2)CCS1. The molecule has 0 amide bonds. The Morgan fingerprint density at radius 2 is 2.31 bits per heavy atom. The highest BCUT2D eigenvalue weighted by atomic mass is 32.2. The minimum atomic E-state index is 0.338. The summed E-state index contributed by atoms with van der Waals surface area (Å²) >= 11 is 2.04. The first-order valence-electron chi connectivity index (χ1n) is 5.65. The van der Waals surface area contributed by atoms with Crippen molar-refractivity contribution < 1.29 is 0 Å². The molecule has 1 saturated heterocycles. The van der Waals surface area contributed by atoms with Crippen LogP contribution in [0.4, 0.5) is 5.69 Å². The minimum absolute atomic E-state index is 0.338. The van der Waals surface area contributed by atoms with Gasteiger partial charge in [-0.15, -0.1) is 0 Å². The summed E-state index contributed by atoms with van der Waals surface area (Å²) in [6, 6.07) is 4.14. The maximum atomic E-state index is 5.54. The normalized spacial score (nSPS) is 19.8. The minimum Gasteiger partial charge on any atom is -0.368 e. The van der Waals surface area contributed by atoms with Crippen LogP contribution in [0.25, 0.3) is 0 Å². The molecule has 4 heteroatoms. The van der Waals surface area contributed by atoms with Gasteiger partial charge in [-0.3, -0.25) is 4.98 Å². The van der Waals surface area contributed by atoms with Crippen molar-refractivity contribution >= 4 is 17.4 Å². The summed E-state index contributed by atoms with van der Waals surface area (Å²) in [5.41, 5.74) is 7.71. The number of nitrogens with two attached hydrogens (primary N) is 1. The van der Waals surface area contributed by atoms with Crippen LogP contribution in [0.1, 0.15) is 19.5 Å². The van der Waals surface area contributed by atoms with Gasteiger partial charge in [0.05, 0.1) is 17.6 Å². The number of rotatable bonds is 2. The molecule has 0 atom stereocenters. The topological polar surface area (TPSA) is 42.1 Å². The van der Waals surface area contributed by atoms with Crippen molar-refractivity contribution in [3.05, 3.63) is 24.0 Å². The molecular weight excluding hydrogens is 218 g/mol. The molecule has 16 heavy (non-hydrogen) atoms. The fourth-order valence-corrected chi connectivity index (χ4v) is 3.07. The summed E-state index contributed by atoms with van der Waals surface area (Å²) < 4.78 is 0.338. The molecule has 1 fully saturated rings. The van der Waals surface area contributed by atoms with Crippen molar-refractivity contribution in [1.29, 1.82) is 0 Å². The van der Waals surface area contributed by atoms with Gasteiger partial charge < -0.3 is 10.6 Å². The molecule has 3 nitrogen and oxygen atoms in total. The molecule has 0 radical (unpaired) electrons. The summed E-state index contributed by atoms with van der Waals surface area (Å²) in [5.74, 6) is 1.19. The maximum Gasteiger partial charge on any atom is 0.0553 e. The van der Waals surface area contributed by atoms with E-state index in [0.717, 1.165) is 18.8 Å². The molecule has 1 aromatic rings. The Bertz CT molecular complexity index is 348. The highest BCUT2D eigenvalue weighted by molar-refractivity contribution is 8.00. The molecule has 1 aliphatic heterocycles. The third-order valence-electron chi connectivity index (χ3n) is 2.81. The number of hydrogen-bond acceptors (Lipinski definition) is 4.